The fraction of sp³-hybridized carbons (Fsp3) is 0.360. The SMILES string of the molecule is C[C@H]1CC[C@H](c2ccccc2)S(=O)(=O)N1Cc1cc(F)c(C2(NC(=O)c3cc(=O)[nH]o3)COC2)cc1F. The summed E-state index contributed by atoms with van der Waals surface area (Å²) < 4.78 is 68.8. The first-order valence-corrected chi connectivity index (χ1v) is 13.2. The number of amides is 1. The molecule has 0 spiro atoms. The molecule has 9 nitrogen and oxygen atoms in total. The molecule has 2 aromatic carbocycles. The Hall–Kier alpha value is -3.35. The highest BCUT2D eigenvalue weighted by Crippen LogP contribution is 2.39. The van der Waals surface area contributed by atoms with Crippen molar-refractivity contribution in [2.45, 2.75) is 43.1 Å². The van der Waals surface area contributed by atoms with Crippen molar-refractivity contribution in [3.8, 4) is 0 Å². The van der Waals surface area contributed by atoms with Crippen LogP contribution in [0.25, 0.3) is 0 Å². The van der Waals surface area contributed by atoms with E-state index in [9.17, 15) is 18.0 Å². The summed E-state index contributed by atoms with van der Waals surface area (Å²) in [6, 6.07) is 11.3. The molecule has 12 heteroatoms. The van der Waals surface area contributed by atoms with Gasteiger partial charge in [0.25, 0.3) is 11.5 Å². The lowest BCUT2D eigenvalue weighted by atomic mass is 9.86. The Labute approximate surface area is 211 Å². The van der Waals surface area contributed by atoms with Gasteiger partial charge in [0, 0.05) is 23.7 Å². The molecule has 0 unspecified atom stereocenters. The first-order chi connectivity index (χ1) is 17.6. The summed E-state index contributed by atoms with van der Waals surface area (Å²) in [6.07, 6.45) is 1.01. The Kier molecular flexibility index (Phi) is 6.50. The average molecular weight is 534 g/mol. The quantitative estimate of drug-likeness (QED) is 0.503. The fourth-order valence-corrected chi connectivity index (χ4v) is 7.06. The molecule has 0 radical (unpaired) electrons. The van der Waals surface area contributed by atoms with Gasteiger partial charge in [0.2, 0.25) is 15.8 Å². The third-order valence-corrected chi connectivity index (χ3v) is 9.34. The van der Waals surface area contributed by atoms with Gasteiger partial charge in [-0.2, -0.15) is 9.46 Å². The molecule has 1 aromatic heterocycles. The van der Waals surface area contributed by atoms with Crippen LogP contribution in [-0.4, -0.2) is 43.0 Å². The first-order valence-electron chi connectivity index (χ1n) is 11.7. The number of carbonyl (C=O) groups excluding carboxylic acids is 1. The van der Waals surface area contributed by atoms with Crippen LogP contribution in [0.1, 0.15) is 52.3 Å². The van der Waals surface area contributed by atoms with Gasteiger partial charge < -0.3 is 14.6 Å². The second-order valence-electron chi connectivity index (χ2n) is 9.45. The van der Waals surface area contributed by atoms with E-state index >= 15 is 8.78 Å². The van der Waals surface area contributed by atoms with Crippen molar-refractivity contribution in [2.75, 3.05) is 13.2 Å². The molecule has 196 valence electrons. The van der Waals surface area contributed by atoms with Crippen LogP contribution in [0.5, 0.6) is 0 Å². The Morgan fingerprint density at radius 2 is 1.86 bits per heavy atom. The van der Waals surface area contributed by atoms with Crippen molar-refractivity contribution in [3.05, 3.63) is 93.0 Å². The molecule has 5 rings (SSSR count). The number of sulfonamides is 1. The normalized spacial score (nSPS) is 22.8. The van der Waals surface area contributed by atoms with Crippen LogP contribution >= 0.6 is 0 Å². The van der Waals surface area contributed by atoms with Crippen molar-refractivity contribution >= 4 is 15.9 Å². The lowest BCUT2D eigenvalue weighted by molar-refractivity contribution is -0.0754. The molecule has 0 bridgehead atoms. The van der Waals surface area contributed by atoms with Gasteiger partial charge in [-0.3, -0.25) is 9.59 Å². The topological polar surface area (TPSA) is 122 Å². The predicted octanol–water partition coefficient (Wildman–Crippen LogP) is 2.96. The summed E-state index contributed by atoms with van der Waals surface area (Å²) in [5, 5.41) is 3.78. The number of aromatic amines is 1. The number of carbonyl (C=O) groups is 1. The number of rotatable bonds is 6. The molecule has 37 heavy (non-hydrogen) atoms. The summed E-state index contributed by atoms with van der Waals surface area (Å²) in [4.78, 5) is 23.8. The van der Waals surface area contributed by atoms with Crippen molar-refractivity contribution in [1.82, 2.24) is 14.8 Å². The van der Waals surface area contributed by atoms with E-state index in [-0.39, 0.29) is 36.6 Å². The number of aromatic nitrogens is 1. The number of hydrogen-bond donors (Lipinski definition) is 2. The zero-order valence-corrected chi connectivity index (χ0v) is 20.7. The Morgan fingerprint density at radius 1 is 1.14 bits per heavy atom. The van der Waals surface area contributed by atoms with Crippen molar-refractivity contribution in [1.29, 1.82) is 0 Å². The molecule has 2 aliphatic rings. The molecule has 2 aliphatic heterocycles. The van der Waals surface area contributed by atoms with Gasteiger partial charge in [0.15, 0.2) is 0 Å². The average Bonchev–Trinajstić information content (AvgIpc) is 3.28. The summed E-state index contributed by atoms with van der Waals surface area (Å²) in [5.74, 6) is -2.75. The lowest BCUT2D eigenvalue weighted by Crippen LogP contribution is -2.59. The minimum absolute atomic E-state index is 0.122. The van der Waals surface area contributed by atoms with Crippen molar-refractivity contribution in [3.63, 3.8) is 0 Å². The van der Waals surface area contributed by atoms with Crippen LogP contribution in [0, 0.1) is 11.6 Å². The van der Waals surface area contributed by atoms with E-state index in [1.807, 2.05) is 5.16 Å². The van der Waals surface area contributed by atoms with Crippen LogP contribution < -0.4 is 10.9 Å². The van der Waals surface area contributed by atoms with E-state index < -0.39 is 50.0 Å². The largest absolute Gasteiger partial charge is 0.376 e. The molecule has 1 amide bonds. The first kappa shape index (κ1) is 25.3. The molecule has 2 N–H and O–H groups in total. The Balaban J connectivity index is 1.42. The number of H-pyrrole nitrogens is 1. The Bertz CT molecular complexity index is 1480. The Morgan fingerprint density at radius 3 is 2.49 bits per heavy atom. The number of benzene rings is 2. The highest BCUT2D eigenvalue weighted by molar-refractivity contribution is 7.89. The number of hydrogen-bond acceptors (Lipinski definition) is 6. The highest BCUT2D eigenvalue weighted by atomic mass is 32.2. The lowest BCUT2D eigenvalue weighted by Gasteiger charge is -2.42. The number of nitrogens with zero attached hydrogens (tertiary/aromatic N) is 1. The van der Waals surface area contributed by atoms with Gasteiger partial charge in [-0.05, 0) is 37.5 Å². The number of nitrogens with one attached hydrogen (secondary N) is 2. The molecular weight excluding hydrogens is 508 g/mol. The maximum absolute atomic E-state index is 15.4. The van der Waals surface area contributed by atoms with Gasteiger partial charge in [-0.1, -0.05) is 30.3 Å². The number of ether oxygens (including phenoxy) is 1. The maximum atomic E-state index is 15.4. The van der Waals surface area contributed by atoms with Gasteiger partial charge in [-0.25, -0.2) is 17.2 Å². The zero-order valence-electron chi connectivity index (χ0n) is 19.9. The fourth-order valence-electron chi connectivity index (χ4n) is 4.87. The van der Waals surface area contributed by atoms with Crippen LogP contribution in [0.4, 0.5) is 8.78 Å². The monoisotopic (exact) mass is 533 g/mol. The molecule has 3 aromatic rings. The molecule has 0 aliphatic carbocycles. The second-order valence-corrected chi connectivity index (χ2v) is 11.5. The molecule has 0 saturated carbocycles. The van der Waals surface area contributed by atoms with Crippen LogP contribution in [0.2, 0.25) is 0 Å². The molecule has 3 heterocycles. The van der Waals surface area contributed by atoms with Crippen molar-refractivity contribution < 1.29 is 31.3 Å². The van der Waals surface area contributed by atoms with E-state index in [4.69, 9.17) is 9.26 Å². The highest BCUT2D eigenvalue weighted by Gasteiger charge is 2.45. The summed E-state index contributed by atoms with van der Waals surface area (Å²) in [5.41, 5.74) is -1.62. The van der Waals surface area contributed by atoms with E-state index in [0.29, 0.717) is 18.4 Å². The van der Waals surface area contributed by atoms with Crippen LogP contribution in [0.15, 0.2) is 57.8 Å². The van der Waals surface area contributed by atoms with Gasteiger partial charge >= 0.3 is 0 Å². The molecule has 2 atom stereocenters. The summed E-state index contributed by atoms with van der Waals surface area (Å²) in [6.45, 7) is 1.16. The smallest absolute Gasteiger partial charge is 0.290 e. The maximum Gasteiger partial charge on any atom is 0.290 e. The van der Waals surface area contributed by atoms with Crippen LogP contribution in [0.3, 0.4) is 0 Å². The minimum atomic E-state index is -3.84. The van der Waals surface area contributed by atoms with E-state index in [2.05, 4.69) is 5.32 Å². The van der Waals surface area contributed by atoms with Gasteiger partial charge in [-0.15, -0.1) is 0 Å². The third kappa shape index (κ3) is 4.60. The van der Waals surface area contributed by atoms with E-state index in [1.165, 1.54) is 4.31 Å². The molecular formula is C25H25F2N3O6S. The van der Waals surface area contributed by atoms with Gasteiger partial charge in [0.1, 0.15) is 22.4 Å². The van der Waals surface area contributed by atoms with E-state index in [1.54, 1.807) is 37.3 Å². The van der Waals surface area contributed by atoms with Crippen molar-refractivity contribution in [2.24, 2.45) is 0 Å². The minimum Gasteiger partial charge on any atom is -0.376 e. The predicted molar refractivity (Wildman–Crippen MR) is 128 cm³/mol. The molecule has 2 saturated heterocycles. The third-order valence-electron chi connectivity index (χ3n) is 6.97. The number of halogens is 2. The molecule has 2 fully saturated rings. The standard InChI is InChI=1S/C25H25F2N3O6S/c1-15-7-8-22(16-5-3-2-4-6-16)37(33,34)30(15)12-17-9-20(27)18(10-19(17)26)25(13-35-14-25)28-24(32)21-11-23(31)29-36-21/h2-6,9-11,15,22H,7-8,12-14H2,1H3,(H,28,32)(H,29,31)/t15-,22+/m0/s1. The van der Waals surface area contributed by atoms with Crippen LogP contribution in [-0.2, 0) is 26.8 Å². The zero-order chi connectivity index (χ0) is 26.4. The summed E-state index contributed by atoms with van der Waals surface area (Å²) in [7, 11) is -3.84. The second kappa shape index (κ2) is 9.51. The van der Waals surface area contributed by atoms with Gasteiger partial charge in [0.05, 0.1) is 19.3 Å². The summed E-state index contributed by atoms with van der Waals surface area (Å²) >= 11 is 0. The van der Waals surface area contributed by atoms with E-state index in [0.717, 1.165) is 18.2 Å².